The van der Waals surface area contributed by atoms with Crippen molar-refractivity contribution in [3.8, 4) is 11.5 Å². The van der Waals surface area contributed by atoms with Crippen LogP contribution in [0.25, 0.3) is 0 Å². The zero-order valence-corrected chi connectivity index (χ0v) is 11.8. The monoisotopic (exact) mass is 282 g/mol. The molecule has 1 aromatic carbocycles. The van der Waals surface area contributed by atoms with Crippen LogP contribution in [0.2, 0.25) is 0 Å². The highest BCUT2D eigenvalue weighted by atomic mass is 16.7. The van der Waals surface area contributed by atoms with Crippen molar-refractivity contribution in [1.29, 1.82) is 0 Å². The molecule has 5 nitrogen and oxygen atoms in total. The average molecular weight is 282 g/mol. The zero-order valence-electron chi connectivity index (χ0n) is 11.8. The van der Waals surface area contributed by atoms with E-state index in [4.69, 9.17) is 14.6 Å². The fourth-order valence-corrected chi connectivity index (χ4v) is 1.70. The van der Waals surface area contributed by atoms with Gasteiger partial charge >= 0.3 is 6.16 Å². The first-order chi connectivity index (χ1) is 9.63. The van der Waals surface area contributed by atoms with Crippen LogP contribution in [0.3, 0.4) is 0 Å². The lowest BCUT2D eigenvalue weighted by molar-refractivity contribution is 0.0549. The quantitative estimate of drug-likeness (QED) is 0.434. The lowest BCUT2D eigenvalue weighted by atomic mass is 10.1. The highest BCUT2D eigenvalue weighted by Crippen LogP contribution is 2.24. The Morgan fingerprint density at radius 1 is 1.05 bits per heavy atom. The Bertz CT molecular complexity index is 417. The molecule has 0 fully saturated rings. The molecule has 0 saturated heterocycles. The largest absolute Gasteiger partial charge is 0.508 e. The standard InChI is InChI=1S/C15H22O5/c1-2-3-4-5-9-19-15(18)20-10-8-12-6-7-13(16)14(17)11-12/h6-7,11,16-17H,2-5,8-10H2,1H3. The van der Waals surface area contributed by atoms with Crippen LogP contribution < -0.4 is 0 Å². The lowest BCUT2D eigenvalue weighted by Crippen LogP contribution is -2.10. The fourth-order valence-electron chi connectivity index (χ4n) is 1.70. The van der Waals surface area contributed by atoms with Crippen LogP contribution >= 0.6 is 0 Å². The third-order valence-electron chi connectivity index (χ3n) is 2.87. The maximum Gasteiger partial charge on any atom is 0.508 e. The van der Waals surface area contributed by atoms with Crippen LogP contribution in [0.5, 0.6) is 11.5 Å². The zero-order chi connectivity index (χ0) is 14.8. The summed E-state index contributed by atoms with van der Waals surface area (Å²) in [6.45, 7) is 2.69. The minimum Gasteiger partial charge on any atom is -0.504 e. The maximum atomic E-state index is 11.3. The first-order valence-electron chi connectivity index (χ1n) is 6.94. The number of benzene rings is 1. The number of hydrogen-bond acceptors (Lipinski definition) is 5. The molecular formula is C15H22O5. The van der Waals surface area contributed by atoms with Gasteiger partial charge in [-0.2, -0.15) is 0 Å². The number of phenols is 2. The number of carbonyl (C=O) groups is 1. The van der Waals surface area contributed by atoms with E-state index in [-0.39, 0.29) is 18.1 Å². The number of aromatic hydroxyl groups is 2. The summed E-state index contributed by atoms with van der Waals surface area (Å²) in [6.07, 6.45) is 3.99. The molecule has 5 heteroatoms. The minimum absolute atomic E-state index is 0.166. The molecule has 0 aliphatic heterocycles. The average Bonchev–Trinajstić information content (AvgIpc) is 2.42. The van der Waals surface area contributed by atoms with Gasteiger partial charge < -0.3 is 19.7 Å². The van der Waals surface area contributed by atoms with Gasteiger partial charge in [-0.15, -0.1) is 0 Å². The summed E-state index contributed by atoms with van der Waals surface area (Å²) < 4.78 is 9.84. The van der Waals surface area contributed by atoms with Gasteiger partial charge in [-0.25, -0.2) is 4.79 Å². The molecule has 20 heavy (non-hydrogen) atoms. The van der Waals surface area contributed by atoms with Gasteiger partial charge in [0.05, 0.1) is 13.2 Å². The molecule has 0 heterocycles. The topological polar surface area (TPSA) is 76.0 Å². The molecule has 0 unspecified atom stereocenters. The second-order valence-electron chi connectivity index (χ2n) is 4.58. The Kier molecular flexibility index (Phi) is 7.32. The second-order valence-corrected chi connectivity index (χ2v) is 4.58. The van der Waals surface area contributed by atoms with E-state index >= 15 is 0 Å². The van der Waals surface area contributed by atoms with Crippen molar-refractivity contribution in [2.45, 2.75) is 39.0 Å². The summed E-state index contributed by atoms with van der Waals surface area (Å²) in [7, 11) is 0. The van der Waals surface area contributed by atoms with E-state index in [9.17, 15) is 9.90 Å². The maximum absolute atomic E-state index is 11.3. The lowest BCUT2D eigenvalue weighted by Gasteiger charge is -2.07. The van der Waals surface area contributed by atoms with Gasteiger partial charge in [-0.3, -0.25) is 0 Å². The van der Waals surface area contributed by atoms with Crippen LogP contribution in [0.4, 0.5) is 4.79 Å². The van der Waals surface area contributed by atoms with E-state index in [1.807, 2.05) is 0 Å². The smallest absolute Gasteiger partial charge is 0.504 e. The highest BCUT2D eigenvalue weighted by Gasteiger charge is 2.05. The first kappa shape index (κ1) is 16.1. The summed E-state index contributed by atoms with van der Waals surface area (Å²) in [5.41, 5.74) is 0.774. The molecule has 1 rings (SSSR count). The molecule has 2 N–H and O–H groups in total. The van der Waals surface area contributed by atoms with Crippen molar-refractivity contribution >= 4 is 6.16 Å². The Morgan fingerprint density at radius 2 is 1.80 bits per heavy atom. The molecule has 0 spiro atoms. The van der Waals surface area contributed by atoms with Crippen molar-refractivity contribution in [1.82, 2.24) is 0 Å². The molecule has 0 saturated carbocycles. The van der Waals surface area contributed by atoms with Gasteiger partial charge in [0.2, 0.25) is 0 Å². The number of carbonyl (C=O) groups excluding carboxylic acids is 1. The molecular weight excluding hydrogens is 260 g/mol. The first-order valence-corrected chi connectivity index (χ1v) is 6.94. The normalized spacial score (nSPS) is 10.2. The summed E-state index contributed by atoms with van der Waals surface area (Å²) >= 11 is 0. The van der Waals surface area contributed by atoms with Crippen LogP contribution in [0.15, 0.2) is 18.2 Å². The summed E-state index contributed by atoms with van der Waals surface area (Å²) in [5.74, 6) is -0.345. The van der Waals surface area contributed by atoms with Crippen molar-refractivity contribution < 1.29 is 24.5 Å². The minimum atomic E-state index is -0.663. The predicted octanol–water partition coefficient (Wildman–Crippen LogP) is 3.37. The SMILES string of the molecule is CCCCCCOC(=O)OCCc1ccc(O)c(O)c1. The van der Waals surface area contributed by atoms with Gasteiger partial charge in [0.1, 0.15) is 0 Å². The Hall–Kier alpha value is -1.91. The summed E-state index contributed by atoms with van der Waals surface area (Å²) in [4.78, 5) is 11.3. The van der Waals surface area contributed by atoms with Gasteiger partial charge in [0, 0.05) is 6.42 Å². The fraction of sp³-hybridized carbons (Fsp3) is 0.533. The van der Waals surface area contributed by atoms with Crippen LogP contribution in [0, 0.1) is 0 Å². The molecule has 0 amide bonds. The summed E-state index contributed by atoms with van der Waals surface area (Å²) in [5, 5.41) is 18.5. The number of unbranched alkanes of at least 4 members (excludes halogenated alkanes) is 3. The molecule has 1 aromatic rings. The van der Waals surface area contributed by atoms with Crippen LogP contribution in [-0.4, -0.2) is 29.6 Å². The van der Waals surface area contributed by atoms with Crippen LogP contribution in [0.1, 0.15) is 38.2 Å². The molecule has 0 aliphatic rings. The van der Waals surface area contributed by atoms with Gasteiger partial charge in [0.15, 0.2) is 11.5 Å². The van der Waals surface area contributed by atoms with Gasteiger partial charge in [-0.05, 0) is 24.1 Å². The predicted molar refractivity (Wildman–Crippen MR) is 74.9 cm³/mol. The van der Waals surface area contributed by atoms with E-state index in [0.29, 0.717) is 13.0 Å². The van der Waals surface area contributed by atoms with E-state index in [1.54, 1.807) is 6.07 Å². The molecule has 0 radical (unpaired) electrons. The summed E-state index contributed by atoms with van der Waals surface area (Å²) in [6, 6.07) is 4.50. The molecule has 112 valence electrons. The van der Waals surface area contributed by atoms with E-state index in [2.05, 4.69) is 6.92 Å². The number of ether oxygens (including phenoxy) is 2. The van der Waals surface area contributed by atoms with Crippen molar-refractivity contribution in [2.75, 3.05) is 13.2 Å². The number of phenolic OH excluding ortho intramolecular Hbond substituents is 2. The van der Waals surface area contributed by atoms with E-state index in [0.717, 1.165) is 31.2 Å². The van der Waals surface area contributed by atoms with Gasteiger partial charge in [-0.1, -0.05) is 32.3 Å². The number of hydrogen-bond donors (Lipinski definition) is 2. The highest BCUT2D eigenvalue weighted by molar-refractivity contribution is 5.59. The molecule has 0 aliphatic carbocycles. The van der Waals surface area contributed by atoms with Gasteiger partial charge in [0.25, 0.3) is 0 Å². The Morgan fingerprint density at radius 3 is 2.50 bits per heavy atom. The Labute approximate surface area is 119 Å². The third-order valence-corrected chi connectivity index (χ3v) is 2.87. The molecule has 0 bridgehead atoms. The molecule has 0 atom stereocenters. The second kappa shape index (κ2) is 9.07. The Balaban J connectivity index is 2.13. The van der Waals surface area contributed by atoms with Crippen LogP contribution in [-0.2, 0) is 15.9 Å². The van der Waals surface area contributed by atoms with Crippen molar-refractivity contribution in [3.05, 3.63) is 23.8 Å². The van der Waals surface area contributed by atoms with Crippen molar-refractivity contribution in [2.24, 2.45) is 0 Å². The third kappa shape index (κ3) is 6.31. The van der Waals surface area contributed by atoms with Crippen molar-refractivity contribution in [3.63, 3.8) is 0 Å². The molecule has 0 aromatic heterocycles. The number of rotatable bonds is 8. The van der Waals surface area contributed by atoms with E-state index < -0.39 is 6.16 Å². The van der Waals surface area contributed by atoms with E-state index in [1.165, 1.54) is 12.1 Å².